The number of aryl methyl sites for hydroxylation is 1. The summed E-state index contributed by atoms with van der Waals surface area (Å²) < 4.78 is 62.0. The van der Waals surface area contributed by atoms with Gasteiger partial charge in [0.2, 0.25) is 5.88 Å². The van der Waals surface area contributed by atoms with Crippen molar-refractivity contribution < 1.29 is 42.0 Å². The van der Waals surface area contributed by atoms with Gasteiger partial charge in [0, 0.05) is 29.1 Å². The summed E-state index contributed by atoms with van der Waals surface area (Å²) in [6.07, 6.45) is -5.96. The SMILES string of the molecule is O=C(O)Oc1c(Nc2cccc(OC(F)(F)F)c2)c2cc(OCc3ccccc3)ccc2n1CCCOc1cccc2ccccc12. The molecule has 0 atom stereocenters. The van der Waals surface area contributed by atoms with Gasteiger partial charge in [-0.05, 0) is 53.8 Å². The minimum Gasteiger partial charge on any atom is -0.493 e. The van der Waals surface area contributed by atoms with E-state index in [0.29, 0.717) is 36.2 Å². The maximum absolute atomic E-state index is 12.9. The Morgan fingerprint density at radius 1 is 0.787 bits per heavy atom. The van der Waals surface area contributed by atoms with Crippen LogP contribution >= 0.6 is 0 Å². The zero-order valence-corrected chi connectivity index (χ0v) is 24.9. The Kier molecular flexibility index (Phi) is 9.05. The van der Waals surface area contributed by atoms with Crippen LogP contribution in [0.5, 0.6) is 23.1 Å². The number of hydrogen-bond acceptors (Lipinski definition) is 6. The van der Waals surface area contributed by atoms with E-state index < -0.39 is 18.3 Å². The van der Waals surface area contributed by atoms with Crippen molar-refractivity contribution in [1.29, 1.82) is 0 Å². The number of anilines is 2. The number of hydrogen-bond donors (Lipinski definition) is 2. The Hall–Kier alpha value is -5.84. The summed E-state index contributed by atoms with van der Waals surface area (Å²) in [6, 6.07) is 33.8. The first-order valence-electron chi connectivity index (χ1n) is 14.7. The lowest BCUT2D eigenvalue weighted by atomic mass is 10.1. The molecule has 240 valence electrons. The van der Waals surface area contributed by atoms with Gasteiger partial charge in [0.1, 0.15) is 29.5 Å². The standard InChI is InChI=1S/C36H29F3N2O6/c37-36(38,39)47-28-14-7-13-26(21-28)40-33-30-22-27(45-23-24-9-2-1-3-10-24)17-18-31(30)41(34(33)46-35(42)43)19-8-20-44-32-16-6-12-25-11-4-5-15-29(25)32/h1-7,9-18,21-22,40H,8,19-20,23H2,(H,42,43). The molecule has 6 aromatic rings. The molecule has 11 heteroatoms. The molecule has 6 rings (SSSR count). The van der Waals surface area contributed by atoms with E-state index in [9.17, 15) is 23.1 Å². The highest BCUT2D eigenvalue weighted by molar-refractivity contribution is 6.00. The lowest BCUT2D eigenvalue weighted by molar-refractivity contribution is -0.274. The summed E-state index contributed by atoms with van der Waals surface area (Å²) in [6.45, 7) is 0.904. The Labute approximate surface area is 267 Å². The predicted molar refractivity (Wildman–Crippen MR) is 172 cm³/mol. The van der Waals surface area contributed by atoms with Gasteiger partial charge in [-0.15, -0.1) is 13.2 Å². The number of nitrogens with zero attached hydrogens (tertiary/aromatic N) is 1. The van der Waals surface area contributed by atoms with E-state index in [4.69, 9.17) is 14.2 Å². The fourth-order valence-corrected chi connectivity index (χ4v) is 5.31. The number of halogens is 3. The quantitative estimate of drug-likeness (QED) is 0.101. The normalized spacial score (nSPS) is 11.4. The van der Waals surface area contributed by atoms with Gasteiger partial charge in [0.15, 0.2) is 0 Å². The zero-order valence-electron chi connectivity index (χ0n) is 24.9. The van der Waals surface area contributed by atoms with Crippen LogP contribution < -0.4 is 24.3 Å². The molecule has 0 saturated heterocycles. The van der Waals surface area contributed by atoms with E-state index in [1.165, 1.54) is 18.2 Å². The molecule has 8 nitrogen and oxygen atoms in total. The fourth-order valence-electron chi connectivity index (χ4n) is 5.31. The maximum atomic E-state index is 12.9. The van der Waals surface area contributed by atoms with Gasteiger partial charge in [0.05, 0.1) is 12.1 Å². The molecular weight excluding hydrogens is 613 g/mol. The molecule has 0 saturated carbocycles. The summed E-state index contributed by atoms with van der Waals surface area (Å²) in [7, 11) is 0. The Bertz CT molecular complexity index is 2000. The van der Waals surface area contributed by atoms with Crippen LogP contribution in [0.3, 0.4) is 0 Å². The van der Waals surface area contributed by atoms with Crippen LogP contribution in [0.15, 0.2) is 115 Å². The van der Waals surface area contributed by atoms with E-state index in [-0.39, 0.29) is 23.9 Å². The molecule has 5 aromatic carbocycles. The van der Waals surface area contributed by atoms with Crippen LogP contribution in [-0.4, -0.2) is 28.8 Å². The van der Waals surface area contributed by atoms with Crippen molar-refractivity contribution in [1.82, 2.24) is 4.57 Å². The van der Waals surface area contributed by atoms with Crippen molar-refractivity contribution in [2.45, 2.75) is 25.9 Å². The second kappa shape index (κ2) is 13.7. The molecular formula is C36H29F3N2O6. The molecule has 0 fully saturated rings. The molecule has 0 unspecified atom stereocenters. The molecule has 1 aromatic heterocycles. The van der Waals surface area contributed by atoms with Crippen molar-refractivity contribution in [2.24, 2.45) is 0 Å². The first-order chi connectivity index (χ1) is 22.7. The first kappa shape index (κ1) is 31.2. The van der Waals surface area contributed by atoms with Crippen molar-refractivity contribution in [3.05, 3.63) is 121 Å². The number of carboxylic acid groups (broad SMARTS) is 1. The summed E-state index contributed by atoms with van der Waals surface area (Å²) in [5, 5.41) is 15.3. The van der Waals surface area contributed by atoms with Gasteiger partial charge in [-0.2, -0.15) is 0 Å². The van der Waals surface area contributed by atoms with Gasteiger partial charge in [-0.25, -0.2) is 4.79 Å². The van der Waals surface area contributed by atoms with Gasteiger partial charge < -0.3 is 33.9 Å². The van der Waals surface area contributed by atoms with Gasteiger partial charge in [-0.3, -0.25) is 0 Å². The molecule has 0 aliphatic heterocycles. The number of alkyl halides is 3. The molecule has 0 bridgehead atoms. The average Bonchev–Trinajstić information content (AvgIpc) is 3.32. The van der Waals surface area contributed by atoms with Gasteiger partial charge >= 0.3 is 12.5 Å². The van der Waals surface area contributed by atoms with E-state index in [1.807, 2.05) is 72.8 Å². The van der Waals surface area contributed by atoms with E-state index in [1.54, 1.807) is 22.8 Å². The molecule has 47 heavy (non-hydrogen) atoms. The highest BCUT2D eigenvalue weighted by Crippen LogP contribution is 2.42. The summed E-state index contributed by atoms with van der Waals surface area (Å²) in [5.41, 5.74) is 2.01. The van der Waals surface area contributed by atoms with Crippen molar-refractivity contribution in [2.75, 3.05) is 11.9 Å². The van der Waals surface area contributed by atoms with Crippen LogP contribution in [0, 0.1) is 0 Å². The number of nitrogens with one attached hydrogen (secondary N) is 1. The predicted octanol–water partition coefficient (Wildman–Crippen LogP) is 9.54. The molecule has 0 amide bonds. The molecule has 0 aliphatic carbocycles. The van der Waals surface area contributed by atoms with E-state index in [2.05, 4.69) is 10.1 Å². The third-order valence-corrected chi connectivity index (χ3v) is 7.29. The Morgan fingerprint density at radius 3 is 2.36 bits per heavy atom. The zero-order chi connectivity index (χ0) is 32.8. The lowest BCUT2D eigenvalue weighted by Crippen LogP contribution is -2.17. The number of aromatic nitrogens is 1. The van der Waals surface area contributed by atoms with Crippen LogP contribution in [0.2, 0.25) is 0 Å². The van der Waals surface area contributed by atoms with E-state index >= 15 is 0 Å². The highest BCUT2D eigenvalue weighted by Gasteiger charge is 2.31. The second-order valence-corrected chi connectivity index (χ2v) is 10.5. The molecule has 0 radical (unpaired) electrons. The number of benzene rings is 5. The molecule has 1 heterocycles. The lowest BCUT2D eigenvalue weighted by Gasteiger charge is -2.14. The van der Waals surface area contributed by atoms with Crippen LogP contribution in [0.25, 0.3) is 21.7 Å². The van der Waals surface area contributed by atoms with Crippen molar-refractivity contribution in [3.63, 3.8) is 0 Å². The van der Waals surface area contributed by atoms with E-state index in [0.717, 1.165) is 28.2 Å². The largest absolute Gasteiger partial charge is 0.573 e. The van der Waals surface area contributed by atoms with Crippen molar-refractivity contribution >= 4 is 39.2 Å². The fraction of sp³-hybridized carbons (Fsp3) is 0.139. The average molecular weight is 643 g/mol. The van der Waals surface area contributed by atoms with Crippen LogP contribution in [0.1, 0.15) is 12.0 Å². The highest BCUT2D eigenvalue weighted by atomic mass is 19.4. The molecule has 0 aliphatic rings. The topological polar surface area (TPSA) is 91.2 Å². The second-order valence-electron chi connectivity index (χ2n) is 10.5. The minimum absolute atomic E-state index is 0.0417. The number of ether oxygens (including phenoxy) is 4. The Morgan fingerprint density at radius 2 is 1.55 bits per heavy atom. The summed E-state index contributed by atoms with van der Waals surface area (Å²) in [5.74, 6) is 0.743. The third kappa shape index (κ3) is 7.70. The summed E-state index contributed by atoms with van der Waals surface area (Å²) >= 11 is 0. The maximum Gasteiger partial charge on any atom is 0.573 e. The Balaban J connectivity index is 1.33. The summed E-state index contributed by atoms with van der Waals surface area (Å²) in [4.78, 5) is 11.9. The smallest absolute Gasteiger partial charge is 0.493 e. The van der Waals surface area contributed by atoms with Gasteiger partial charge in [0.25, 0.3) is 0 Å². The van der Waals surface area contributed by atoms with Crippen LogP contribution in [-0.2, 0) is 13.2 Å². The van der Waals surface area contributed by atoms with Gasteiger partial charge in [-0.1, -0.05) is 72.8 Å². The van der Waals surface area contributed by atoms with Crippen LogP contribution in [0.4, 0.5) is 29.3 Å². The first-order valence-corrected chi connectivity index (χ1v) is 14.7. The molecule has 0 spiro atoms. The number of fused-ring (bicyclic) bond motifs is 2. The number of carbonyl (C=O) groups is 1. The minimum atomic E-state index is -4.88. The number of rotatable bonds is 12. The van der Waals surface area contributed by atoms with Crippen molar-refractivity contribution in [3.8, 4) is 23.1 Å². The third-order valence-electron chi connectivity index (χ3n) is 7.29. The molecule has 2 N–H and O–H groups in total. The monoisotopic (exact) mass is 642 g/mol.